The fraction of sp³-hybridized carbons (Fsp3) is 0.125. The lowest BCUT2D eigenvalue weighted by atomic mass is 10.3. The van der Waals surface area contributed by atoms with Gasteiger partial charge in [0.2, 0.25) is 0 Å². The van der Waals surface area contributed by atoms with Crippen molar-refractivity contribution in [1.29, 1.82) is 0 Å². The van der Waals surface area contributed by atoms with Crippen LogP contribution in [0.4, 0.5) is 15.9 Å². The number of nitrogens with two attached hydrogens (primary N) is 1. The third kappa shape index (κ3) is 1.41. The second-order valence-corrected chi connectivity index (χ2v) is 2.70. The first kappa shape index (κ1) is 8.61. The second kappa shape index (κ2) is 3.41. The van der Waals surface area contributed by atoms with Crippen molar-refractivity contribution in [1.82, 2.24) is 4.98 Å². The molecule has 0 atom stereocenters. The molecule has 0 unspecified atom stereocenters. The van der Waals surface area contributed by atoms with Crippen LogP contribution in [0.5, 0.6) is 0 Å². The number of halogens is 1. The highest BCUT2D eigenvalue weighted by molar-refractivity contribution is 5.54. The lowest BCUT2D eigenvalue weighted by Crippen LogP contribution is -2.20. The van der Waals surface area contributed by atoms with E-state index in [-0.39, 0.29) is 18.2 Å². The minimum absolute atomic E-state index is 0.0749. The Morgan fingerprint density at radius 2 is 2.36 bits per heavy atom. The third-order valence-electron chi connectivity index (χ3n) is 1.78. The van der Waals surface area contributed by atoms with Crippen LogP contribution in [0.3, 0.4) is 0 Å². The van der Waals surface area contributed by atoms with Gasteiger partial charge < -0.3 is 10.6 Å². The molecule has 5 nitrogen and oxygen atoms in total. The summed E-state index contributed by atoms with van der Waals surface area (Å²) in [5.41, 5.74) is 5.48. The van der Waals surface area contributed by atoms with Crippen molar-refractivity contribution < 1.29 is 4.39 Å². The maximum absolute atomic E-state index is 13.5. The number of nitrogens with zero attached hydrogens (tertiary/aromatic N) is 4. The molecule has 0 radical (unpaired) electrons. The van der Waals surface area contributed by atoms with E-state index in [2.05, 4.69) is 15.2 Å². The number of hydrogen-bond acceptors (Lipinski definition) is 5. The molecule has 2 N–H and O–H groups in total. The smallest absolute Gasteiger partial charge is 0.188 e. The Hall–Kier alpha value is -1.98. The molecule has 14 heavy (non-hydrogen) atoms. The van der Waals surface area contributed by atoms with Gasteiger partial charge in [0.15, 0.2) is 11.6 Å². The first-order valence-electron chi connectivity index (χ1n) is 3.99. The van der Waals surface area contributed by atoms with Gasteiger partial charge >= 0.3 is 0 Å². The molecule has 1 aliphatic heterocycles. The van der Waals surface area contributed by atoms with E-state index in [0.29, 0.717) is 0 Å². The Morgan fingerprint density at radius 3 is 3.07 bits per heavy atom. The highest BCUT2D eigenvalue weighted by atomic mass is 19.1. The largest absolute Gasteiger partial charge is 0.396 e. The maximum atomic E-state index is 13.5. The van der Waals surface area contributed by atoms with Crippen molar-refractivity contribution in [2.75, 3.05) is 17.3 Å². The number of azo groups is 1. The molecule has 0 bridgehead atoms. The van der Waals surface area contributed by atoms with E-state index in [9.17, 15) is 4.39 Å². The summed E-state index contributed by atoms with van der Waals surface area (Å²) in [6.07, 6.45) is 4.51. The molecular formula is C8H8FN5. The van der Waals surface area contributed by atoms with Crippen LogP contribution in [-0.2, 0) is 0 Å². The third-order valence-corrected chi connectivity index (χ3v) is 1.78. The molecule has 1 aromatic rings. The second-order valence-electron chi connectivity index (χ2n) is 2.70. The standard InChI is InChI=1S/C8H8FN5/c9-7-6(10)1-2-11-8(7)14-4-3-12-13-5-14/h1-4H,5H2,(H2,10,11). The number of aromatic nitrogens is 1. The maximum Gasteiger partial charge on any atom is 0.188 e. The van der Waals surface area contributed by atoms with Crippen molar-refractivity contribution in [2.45, 2.75) is 0 Å². The van der Waals surface area contributed by atoms with Crippen molar-refractivity contribution >= 4 is 11.5 Å². The summed E-state index contributed by atoms with van der Waals surface area (Å²) in [5, 5.41) is 7.35. The summed E-state index contributed by atoms with van der Waals surface area (Å²) in [4.78, 5) is 5.41. The van der Waals surface area contributed by atoms with Crippen molar-refractivity contribution in [3.63, 3.8) is 0 Å². The minimum Gasteiger partial charge on any atom is -0.396 e. The van der Waals surface area contributed by atoms with Crippen molar-refractivity contribution in [3.05, 3.63) is 30.5 Å². The molecule has 0 amide bonds. The molecule has 0 aromatic carbocycles. The number of hydrogen-bond donors (Lipinski definition) is 1. The minimum atomic E-state index is -0.533. The van der Waals surface area contributed by atoms with Gasteiger partial charge in [-0.15, -0.1) is 0 Å². The highest BCUT2D eigenvalue weighted by Crippen LogP contribution is 2.21. The van der Waals surface area contributed by atoms with E-state index in [1.807, 2.05) is 0 Å². The molecule has 0 saturated carbocycles. The van der Waals surface area contributed by atoms with Gasteiger partial charge in [0.1, 0.15) is 6.67 Å². The van der Waals surface area contributed by atoms with Gasteiger partial charge in [0.25, 0.3) is 0 Å². The van der Waals surface area contributed by atoms with Gasteiger partial charge in [-0.2, -0.15) is 10.2 Å². The van der Waals surface area contributed by atoms with Crippen LogP contribution >= 0.6 is 0 Å². The molecule has 6 heteroatoms. The van der Waals surface area contributed by atoms with Crippen LogP contribution in [0.2, 0.25) is 0 Å². The van der Waals surface area contributed by atoms with Crippen LogP contribution in [0.1, 0.15) is 0 Å². The molecule has 1 aromatic heterocycles. The number of anilines is 2. The summed E-state index contributed by atoms with van der Waals surface area (Å²) >= 11 is 0. The van der Waals surface area contributed by atoms with Gasteiger partial charge in [0, 0.05) is 12.4 Å². The first-order chi connectivity index (χ1) is 6.79. The van der Waals surface area contributed by atoms with Crippen molar-refractivity contribution in [3.8, 4) is 0 Å². The molecule has 1 aliphatic rings. The molecular weight excluding hydrogens is 185 g/mol. The molecule has 0 aliphatic carbocycles. The summed E-state index contributed by atoms with van der Waals surface area (Å²) in [6.45, 7) is 0.254. The van der Waals surface area contributed by atoms with Crippen LogP contribution in [0.25, 0.3) is 0 Å². The average Bonchev–Trinajstić information content (AvgIpc) is 2.23. The molecule has 0 saturated heterocycles. The van der Waals surface area contributed by atoms with Gasteiger partial charge in [-0.3, -0.25) is 0 Å². The van der Waals surface area contributed by atoms with Crippen LogP contribution < -0.4 is 10.6 Å². The summed E-state index contributed by atoms with van der Waals surface area (Å²) in [6, 6.07) is 1.41. The lowest BCUT2D eigenvalue weighted by molar-refractivity contribution is 0.621. The van der Waals surface area contributed by atoms with E-state index in [1.54, 1.807) is 6.20 Å². The Kier molecular flexibility index (Phi) is 2.10. The Labute approximate surface area is 79.8 Å². The van der Waals surface area contributed by atoms with Crippen molar-refractivity contribution in [2.24, 2.45) is 10.2 Å². The molecule has 0 fully saturated rings. The van der Waals surface area contributed by atoms with E-state index in [0.717, 1.165) is 0 Å². The van der Waals surface area contributed by atoms with E-state index in [1.165, 1.54) is 23.4 Å². The van der Waals surface area contributed by atoms with E-state index < -0.39 is 5.82 Å². The number of nitrogen functional groups attached to an aromatic ring is 1. The van der Waals surface area contributed by atoms with Gasteiger partial charge in [-0.25, -0.2) is 9.37 Å². The monoisotopic (exact) mass is 193 g/mol. The van der Waals surface area contributed by atoms with Gasteiger partial charge in [-0.05, 0) is 6.07 Å². The zero-order chi connectivity index (χ0) is 9.97. The summed E-state index contributed by atoms with van der Waals surface area (Å²) in [7, 11) is 0. The molecule has 2 heterocycles. The van der Waals surface area contributed by atoms with E-state index >= 15 is 0 Å². The van der Waals surface area contributed by atoms with Crippen LogP contribution in [0, 0.1) is 5.82 Å². The zero-order valence-corrected chi connectivity index (χ0v) is 7.26. The average molecular weight is 193 g/mol. The lowest BCUT2D eigenvalue weighted by Gasteiger charge is -2.18. The predicted octanol–water partition coefficient (Wildman–Crippen LogP) is 1.50. The van der Waals surface area contributed by atoms with Crippen LogP contribution in [0.15, 0.2) is 34.9 Å². The Bertz CT molecular complexity index is 401. The normalized spacial score (nSPS) is 14.8. The number of rotatable bonds is 1. The fourth-order valence-electron chi connectivity index (χ4n) is 1.09. The highest BCUT2D eigenvalue weighted by Gasteiger charge is 2.13. The topological polar surface area (TPSA) is 66.9 Å². The SMILES string of the molecule is Nc1ccnc(N2C=CN=NC2)c1F. The summed E-state index contributed by atoms with van der Waals surface area (Å²) < 4.78 is 13.5. The Balaban J connectivity index is 2.36. The predicted molar refractivity (Wildman–Crippen MR) is 49.9 cm³/mol. The van der Waals surface area contributed by atoms with Gasteiger partial charge in [0.05, 0.1) is 11.9 Å². The summed E-state index contributed by atoms with van der Waals surface area (Å²) in [5.74, 6) is -0.367. The molecule has 0 spiro atoms. The molecule has 72 valence electrons. The number of pyridine rings is 1. The molecule has 2 rings (SSSR count). The quantitative estimate of drug-likeness (QED) is 0.734. The first-order valence-corrected chi connectivity index (χ1v) is 3.99. The zero-order valence-electron chi connectivity index (χ0n) is 7.26. The Morgan fingerprint density at radius 1 is 1.50 bits per heavy atom. The van der Waals surface area contributed by atoms with Crippen LogP contribution in [-0.4, -0.2) is 11.7 Å². The van der Waals surface area contributed by atoms with Gasteiger partial charge in [-0.1, -0.05) is 0 Å². The fourth-order valence-corrected chi connectivity index (χ4v) is 1.09. The van der Waals surface area contributed by atoms with E-state index in [4.69, 9.17) is 5.73 Å².